The number of carbonyl (C=O) groups excluding carboxylic acids is 1. The summed E-state index contributed by atoms with van der Waals surface area (Å²) in [5.74, 6) is -0.361. The van der Waals surface area contributed by atoms with Crippen LogP contribution in [-0.4, -0.2) is 15.9 Å². The van der Waals surface area contributed by atoms with Crippen molar-refractivity contribution in [1.29, 1.82) is 0 Å². The average molecular weight is 321 g/mol. The lowest BCUT2D eigenvalue weighted by atomic mass is 9.86. The van der Waals surface area contributed by atoms with Crippen molar-refractivity contribution in [1.82, 2.24) is 10.1 Å². The molecule has 0 radical (unpaired) electrons. The Morgan fingerprint density at radius 3 is 2.68 bits per heavy atom. The zero-order valence-electron chi connectivity index (χ0n) is 12.6. The minimum atomic E-state index is -0.592. The maximum Gasteiger partial charge on any atom is 0.438 e. The molecule has 2 atom stereocenters. The Kier molecular flexibility index (Phi) is 3.48. The molecule has 0 bridgehead atoms. The number of H-pyrrole nitrogens is 1. The van der Waals surface area contributed by atoms with Gasteiger partial charge in [-0.2, -0.15) is 0 Å². The third-order valence-corrected chi connectivity index (χ3v) is 4.31. The van der Waals surface area contributed by atoms with Crippen molar-refractivity contribution in [2.45, 2.75) is 38.5 Å². The largest absolute Gasteiger partial charge is 0.438 e. The maximum absolute atomic E-state index is 12.5. The maximum atomic E-state index is 12.5. The van der Waals surface area contributed by atoms with E-state index in [1.165, 1.54) is 0 Å². The summed E-state index contributed by atoms with van der Waals surface area (Å²) < 4.78 is 4.48. The number of benzene rings is 1. The van der Waals surface area contributed by atoms with E-state index in [1.54, 1.807) is 6.07 Å². The predicted molar refractivity (Wildman–Crippen MR) is 82.5 cm³/mol. The standard InChI is InChI=1S/C16H17ClN2O3/c1-16(2,3)11-5-4-8(6-12(11)17)13(20)9-7-10(9)14-18-15(21)22-19-14/h4-6,9-10H,7H2,1-3H3,(H,18,19,21)/t9-,10-/m0/s1. The number of carbonyl (C=O) groups is 1. The van der Waals surface area contributed by atoms with Crippen LogP contribution in [0, 0.1) is 5.92 Å². The summed E-state index contributed by atoms with van der Waals surface area (Å²) in [6.07, 6.45) is 0.667. The van der Waals surface area contributed by atoms with Crippen LogP contribution in [0.3, 0.4) is 0 Å². The van der Waals surface area contributed by atoms with Gasteiger partial charge >= 0.3 is 5.76 Å². The summed E-state index contributed by atoms with van der Waals surface area (Å²) in [7, 11) is 0. The molecule has 1 saturated carbocycles. The highest BCUT2D eigenvalue weighted by atomic mass is 35.5. The third-order valence-electron chi connectivity index (χ3n) is 4.00. The second-order valence-electron chi connectivity index (χ2n) is 6.74. The summed E-state index contributed by atoms with van der Waals surface area (Å²) in [5.41, 5.74) is 1.54. The van der Waals surface area contributed by atoms with Crippen molar-refractivity contribution in [3.8, 4) is 0 Å². The van der Waals surface area contributed by atoms with Gasteiger partial charge in [0, 0.05) is 22.4 Å². The number of hydrogen-bond donors (Lipinski definition) is 1. The van der Waals surface area contributed by atoms with Crippen LogP contribution in [-0.2, 0) is 5.41 Å². The van der Waals surface area contributed by atoms with Gasteiger partial charge in [0.15, 0.2) is 11.6 Å². The predicted octanol–water partition coefficient (Wildman–Crippen LogP) is 3.30. The zero-order chi connectivity index (χ0) is 16.1. The Bertz CT molecular complexity index is 785. The number of halogens is 1. The van der Waals surface area contributed by atoms with Crippen LogP contribution in [0.25, 0.3) is 0 Å². The van der Waals surface area contributed by atoms with Gasteiger partial charge in [-0.3, -0.25) is 14.3 Å². The van der Waals surface area contributed by atoms with E-state index in [-0.39, 0.29) is 23.0 Å². The Morgan fingerprint density at radius 1 is 1.41 bits per heavy atom. The Labute approximate surface area is 132 Å². The molecule has 3 rings (SSSR count). The molecule has 1 N–H and O–H groups in total. The third kappa shape index (κ3) is 2.73. The fraction of sp³-hybridized carbons (Fsp3) is 0.438. The molecular weight excluding hydrogens is 304 g/mol. The minimum absolute atomic E-state index is 0.0243. The van der Waals surface area contributed by atoms with E-state index in [4.69, 9.17) is 11.6 Å². The van der Waals surface area contributed by atoms with Crippen molar-refractivity contribution in [2.75, 3.05) is 0 Å². The molecule has 1 aliphatic carbocycles. The molecule has 1 aromatic heterocycles. The summed E-state index contributed by atoms with van der Waals surface area (Å²) in [6.45, 7) is 6.23. The molecule has 0 spiro atoms. The van der Waals surface area contributed by atoms with E-state index < -0.39 is 5.76 Å². The number of nitrogens with zero attached hydrogens (tertiary/aromatic N) is 1. The molecule has 0 aliphatic heterocycles. The number of aromatic nitrogens is 2. The second kappa shape index (κ2) is 5.09. The van der Waals surface area contributed by atoms with E-state index in [1.807, 2.05) is 12.1 Å². The normalized spacial score (nSPS) is 20.9. The molecule has 1 aliphatic rings. The highest BCUT2D eigenvalue weighted by Crippen LogP contribution is 2.47. The monoisotopic (exact) mass is 320 g/mol. The van der Waals surface area contributed by atoms with Crippen LogP contribution >= 0.6 is 11.6 Å². The van der Waals surface area contributed by atoms with E-state index in [9.17, 15) is 9.59 Å². The van der Waals surface area contributed by atoms with E-state index in [0.717, 1.165) is 5.56 Å². The van der Waals surface area contributed by atoms with Gasteiger partial charge < -0.3 is 0 Å². The van der Waals surface area contributed by atoms with Crippen molar-refractivity contribution in [3.05, 3.63) is 50.7 Å². The van der Waals surface area contributed by atoms with Gasteiger partial charge in [-0.1, -0.05) is 49.7 Å². The summed E-state index contributed by atoms with van der Waals surface area (Å²) >= 11 is 6.31. The lowest BCUT2D eigenvalue weighted by Gasteiger charge is -2.20. The molecule has 1 aromatic carbocycles. The van der Waals surface area contributed by atoms with Gasteiger partial charge in [0.1, 0.15) is 0 Å². The van der Waals surface area contributed by atoms with Gasteiger partial charge in [0.25, 0.3) is 0 Å². The molecule has 0 saturated heterocycles. The van der Waals surface area contributed by atoms with Crippen LogP contribution in [0.5, 0.6) is 0 Å². The molecule has 1 fully saturated rings. The number of ketones is 1. The van der Waals surface area contributed by atoms with Crippen LogP contribution < -0.4 is 5.76 Å². The topological polar surface area (TPSA) is 76.0 Å². The Morgan fingerprint density at radius 2 is 2.14 bits per heavy atom. The second-order valence-corrected chi connectivity index (χ2v) is 7.15. The van der Waals surface area contributed by atoms with Gasteiger partial charge in [-0.25, -0.2) is 4.79 Å². The van der Waals surface area contributed by atoms with Gasteiger partial charge in [0.2, 0.25) is 0 Å². The van der Waals surface area contributed by atoms with E-state index in [2.05, 4.69) is 35.4 Å². The molecule has 0 amide bonds. The number of aromatic amines is 1. The van der Waals surface area contributed by atoms with Gasteiger partial charge in [-0.15, -0.1) is 0 Å². The highest BCUT2D eigenvalue weighted by Gasteiger charge is 2.46. The van der Waals surface area contributed by atoms with Crippen LogP contribution in [0.2, 0.25) is 5.02 Å². The number of rotatable bonds is 3. The summed E-state index contributed by atoms with van der Waals surface area (Å²) in [4.78, 5) is 26.0. The molecule has 22 heavy (non-hydrogen) atoms. The number of Topliss-reactive ketones (excluding diaryl/α,β-unsaturated/α-hetero) is 1. The molecular formula is C16H17ClN2O3. The smallest absolute Gasteiger partial charge is 0.296 e. The molecule has 2 aromatic rings. The zero-order valence-corrected chi connectivity index (χ0v) is 13.4. The SMILES string of the molecule is CC(C)(C)c1ccc(C(=O)[C@H]2C[C@@H]2c2noc(=O)[nH]2)cc1Cl. The fourth-order valence-electron chi connectivity index (χ4n) is 2.68. The molecule has 6 heteroatoms. The highest BCUT2D eigenvalue weighted by molar-refractivity contribution is 6.32. The lowest BCUT2D eigenvalue weighted by Crippen LogP contribution is -2.13. The van der Waals surface area contributed by atoms with Crippen LogP contribution in [0.15, 0.2) is 27.5 Å². The van der Waals surface area contributed by atoms with Crippen molar-refractivity contribution in [2.24, 2.45) is 5.92 Å². The number of nitrogens with one attached hydrogen (secondary N) is 1. The van der Waals surface area contributed by atoms with Crippen molar-refractivity contribution in [3.63, 3.8) is 0 Å². The lowest BCUT2D eigenvalue weighted by molar-refractivity contribution is 0.0964. The van der Waals surface area contributed by atoms with Crippen molar-refractivity contribution < 1.29 is 9.32 Å². The van der Waals surface area contributed by atoms with Gasteiger partial charge in [-0.05, 0) is 23.5 Å². The van der Waals surface area contributed by atoms with E-state index >= 15 is 0 Å². The van der Waals surface area contributed by atoms with Crippen LogP contribution in [0.1, 0.15) is 54.9 Å². The Balaban J connectivity index is 1.80. The quantitative estimate of drug-likeness (QED) is 0.880. The fourth-order valence-corrected chi connectivity index (χ4v) is 3.14. The molecule has 0 unspecified atom stereocenters. The first-order valence-corrected chi connectivity index (χ1v) is 7.55. The van der Waals surface area contributed by atoms with E-state index in [0.29, 0.717) is 22.8 Å². The minimum Gasteiger partial charge on any atom is -0.296 e. The van der Waals surface area contributed by atoms with Gasteiger partial charge in [0.05, 0.1) is 0 Å². The molecule has 1 heterocycles. The summed E-state index contributed by atoms with van der Waals surface area (Å²) in [6, 6.07) is 5.45. The first-order valence-electron chi connectivity index (χ1n) is 7.17. The summed E-state index contributed by atoms with van der Waals surface area (Å²) in [5, 5.41) is 4.25. The Hall–Kier alpha value is -1.88. The van der Waals surface area contributed by atoms with Crippen molar-refractivity contribution >= 4 is 17.4 Å². The number of hydrogen-bond acceptors (Lipinski definition) is 4. The molecule has 5 nitrogen and oxygen atoms in total. The molecule has 116 valence electrons. The first-order chi connectivity index (χ1) is 10.3. The average Bonchev–Trinajstić information content (AvgIpc) is 3.11. The first kappa shape index (κ1) is 15.0. The van der Waals surface area contributed by atoms with Crippen LogP contribution in [0.4, 0.5) is 0 Å².